The maximum atomic E-state index is 12.6. The summed E-state index contributed by atoms with van der Waals surface area (Å²) < 4.78 is 0. The monoisotopic (exact) mass is 467 g/mol. The Morgan fingerprint density at radius 3 is 2.26 bits per heavy atom. The van der Waals surface area contributed by atoms with Gasteiger partial charge in [-0.15, -0.1) is 52.0 Å². The van der Waals surface area contributed by atoms with Gasteiger partial charge in [-0.2, -0.15) is 0 Å². The first-order valence-electron chi connectivity index (χ1n) is 11.6. The largest absolute Gasteiger partial charge is 0.299 e. The van der Waals surface area contributed by atoms with Crippen molar-refractivity contribution in [3.05, 3.63) is 50.1 Å². The second kappa shape index (κ2) is 13.9. The molecule has 2 saturated heterocycles. The number of ketones is 2. The van der Waals surface area contributed by atoms with Crippen LogP contribution in [0.1, 0.15) is 59.3 Å². The summed E-state index contributed by atoms with van der Waals surface area (Å²) in [6.07, 6.45) is 25.9. The van der Waals surface area contributed by atoms with Gasteiger partial charge in [0.25, 0.3) is 0 Å². The number of rotatable bonds is 3. The normalized spacial score (nSPS) is 34.7. The highest BCUT2D eigenvalue weighted by Crippen LogP contribution is 2.60. The molecule has 1 N–H and O–H groups in total. The Morgan fingerprint density at radius 2 is 1.74 bits per heavy atom. The third-order valence-electron chi connectivity index (χ3n) is 7.80. The van der Waals surface area contributed by atoms with Crippen LogP contribution in [0.2, 0.25) is 0 Å². The molecule has 1 saturated carbocycles. The molecule has 6 atom stereocenters. The van der Waals surface area contributed by atoms with E-state index >= 15 is 0 Å². The molecular weight excluding hydrogens is 426 g/mol. The molecule has 4 aliphatic rings. The van der Waals surface area contributed by atoms with Crippen molar-refractivity contribution < 1.29 is 19.7 Å². The van der Waals surface area contributed by atoms with E-state index < -0.39 is 11.8 Å². The van der Waals surface area contributed by atoms with Crippen molar-refractivity contribution in [1.82, 2.24) is 4.90 Å². The van der Waals surface area contributed by atoms with Crippen LogP contribution in [0.15, 0.2) is 50.1 Å². The summed E-state index contributed by atoms with van der Waals surface area (Å²) >= 11 is 0. The fraction of sp³-hybridized carbons (Fsp3) is 0.517. The summed E-state index contributed by atoms with van der Waals surface area (Å²) in [5.41, 5.74) is 0.567. The molecule has 0 amide bonds. The first-order chi connectivity index (χ1) is 16.3. The summed E-state index contributed by atoms with van der Waals surface area (Å²) in [6, 6.07) is 0.251. The lowest BCUT2D eigenvalue weighted by molar-refractivity contribution is -0.347. The molecule has 4 rings (SSSR count). The minimum absolute atomic E-state index is 0.0358. The third-order valence-corrected chi connectivity index (χ3v) is 7.80. The molecule has 2 aliphatic heterocycles. The van der Waals surface area contributed by atoms with E-state index in [0.717, 1.165) is 31.3 Å². The van der Waals surface area contributed by atoms with Crippen LogP contribution in [0.3, 0.4) is 0 Å². The zero-order valence-electron chi connectivity index (χ0n) is 21.0. The predicted octanol–water partition coefficient (Wildman–Crippen LogP) is 5.61. The number of carbonyl (C=O) groups excluding carboxylic acids is 2. The van der Waals surface area contributed by atoms with Gasteiger partial charge in [-0.3, -0.25) is 19.7 Å². The van der Waals surface area contributed by atoms with Gasteiger partial charge in [-0.25, -0.2) is 4.89 Å². The molecule has 5 heteroatoms. The number of terminal acetylenes is 2. The molecule has 0 aromatic carbocycles. The molecule has 2 heterocycles. The zero-order valence-corrected chi connectivity index (χ0v) is 21.0. The smallest absolute Gasteiger partial charge is 0.178 e. The number of piperidine rings is 2. The molecule has 0 aromatic heterocycles. The van der Waals surface area contributed by atoms with Crippen LogP contribution >= 0.6 is 0 Å². The summed E-state index contributed by atoms with van der Waals surface area (Å²) in [6.45, 7) is 18.3. The van der Waals surface area contributed by atoms with E-state index in [0.29, 0.717) is 24.5 Å². The van der Waals surface area contributed by atoms with E-state index in [1.165, 1.54) is 0 Å². The molecule has 2 unspecified atom stereocenters. The summed E-state index contributed by atoms with van der Waals surface area (Å²) in [5.74, 6) is 0.851. The van der Waals surface area contributed by atoms with E-state index in [-0.39, 0.29) is 23.2 Å². The average molecular weight is 468 g/mol. The number of nitrogens with zero attached hydrogens (tertiary/aromatic N) is 1. The Balaban J connectivity index is 0.00000124. The first kappa shape index (κ1) is 31.3. The van der Waals surface area contributed by atoms with Crippen molar-refractivity contribution in [2.45, 2.75) is 77.1 Å². The van der Waals surface area contributed by atoms with Gasteiger partial charge in [0.2, 0.25) is 0 Å². The lowest BCUT2D eigenvalue weighted by Gasteiger charge is -2.61. The molecule has 0 bridgehead atoms. The van der Waals surface area contributed by atoms with Crippen molar-refractivity contribution in [2.75, 3.05) is 0 Å². The fourth-order valence-corrected chi connectivity index (χ4v) is 6.52. The second-order valence-electron chi connectivity index (χ2n) is 8.89. The van der Waals surface area contributed by atoms with E-state index in [1.807, 2.05) is 13.0 Å². The van der Waals surface area contributed by atoms with Crippen molar-refractivity contribution in [3.63, 3.8) is 0 Å². The Morgan fingerprint density at radius 1 is 1.15 bits per heavy atom. The molecule has 186 valence electrons. The van der Waals surface area contributed by atoms with Crippen molar-refractivity contribution >= 4 is 11.6 Å². The minimum atomic E-state index is -0.460. The van der Waals surface area contributed by atoms with Gasteiger partial charge in [0.05, 0.1) is 5.54 Å². The zero-order chi connectivity index (χ0) is 26.7. The Labute approximate surface area is 206 Å². The molecule has 0 spiro atoms. The van der Waals surface area contributed by atoms with Gasteiger partial charge >= 0.3 is 0 Å². The lowest BCUT2D eigenvalue weighted by atomic mass is 9.60. The van der Waals surface area contributed by atoms with Crippen LogP contribution in [0.5, 0.6) is 0 Å². The topological polar surface area (TPSA) is 66.8 Å². The van der Waals surface area contributed by atoms with Crippen molar-refractivity contribution in [2.24, 2.45) is 17.3 Å². The molecule has 34 heavy (non-hydrogen) atoms. The maximum Gasteiger partial charge on any atom is 0.178 e. The van der Waals surface area contributed by atoms with Crippen LogP contribution in [-0.2, 0) is 14.5 Å². The van der Waals surface area contributed by atoms with E-state index in [9.17, 15) is 14.8 Å². The molecule has 3 fully saturated rings. The number of hydrogen-bond acceptors (Lipinski definition) is 5. The van der Waals surface area contributed by atoms with Gasteiger partial charge in [-0.05, 0) is 68.1 Å². The van der Waals surface area contributed by atoms with Gasteiger partial charge < -0.3 is 0 Å². The number of allylic oxidation sites excluding steroid dienone is 2. The second-order valence-corrected chi connectivity index (χ2v) is 8.89. The Hall–Kier alpha value is -2.70. The summed E-state index contributed by atoms with van der Waals surface area (Å²) in [4.78, 5) is 31.7. The van der Waals surface area contributed by atoms with Crippen molar-refractivity contribution in [1.29, 1.82) is 0 Å². The summed E-state index contributed by atoms with van der Waals surface area (Å²) in [7, 11) is 0. The SMILES string of the molecule is C#C.C#C.C=C.C=C.CCC(=O)C1CCC2[C@@H]3CCC4=CC(=O)C=C[C@]4(C)N3[C@@H](OO)C[C@]12C. The lowest BCUT2D eigenvalue weighted by Crippen LogP contribution is -2.67. The minimum Gasteiger partial charge on any atom is -0.299 e. The highest BCUT2D eigenvalue weighted by Gasteiger charge is 2.62. The number of hydrogen-bond donors (Lipinski definition) is 1. The van der Waals surface area contributed by atoms with Crippen LogP contribution < -0.4 is 0 Å². The van der Waals surface area contributed by atoms with Crippen LogP contribution in [0.4, 0.5) is 0 Å². The molecular formula is C29H41NO4. The third kappa shape index (κ3) is 5.34. The number of carbonyl (C=O) groups is 2. The van der Waals surface area contributed by atoms with Crippen LogP contribution in [0, 0.1) is 42.9 Å². The highest BCUT2D eigenvalue weighted by molar-refractivity contribution is 6.01. The fourth-order valence-electron chi connectivity index (χ4n) is 6.52. The van der Waals surface area contributed by atoms with Gasteiger partial charge in [0.15, 0.2) is 5.78 Å². The first-order valence-corrected chi connectivity index (χ1v) is 11.6. The summed E-state index contributed by atoms with van der Waals surface area (Å²) in [5, 5.41) is 9.77. The Bertz CT molecular complexity index is 801. The number of Topliss-reactive ketones (excluding diaryl/α,β-unsaturated/α-hetero) is 1. The van der Waals surface area contributed by atoms with Crippen molar-refractivity contribution in [3.8, 4) is 25.7 Å². The van der Waals surface area contributed by atoms with Gasteiger partial charge in [0, 0.05) is 18.4 Å². The van der Waals surface area contributed by atoms with E-state index in [4.69, 9.17) is 4.89 Å². The average Bonchev–Trinajstić information content (AvgIpc) is 3.25. The van der Waals surface area contributed by atoms with Gasteiger partial charge in [0.1, 0.15) is 12.0 Å². The van der Waals surface area contributed by atoms with E-state index in [1.54, 1.807) is 12.2 Å². The quantitative estimate of drug-likeness (QED) is 0.253. The van der Waals surface area contributed by atoms with Crippen LogP contribution in [0.25, 0.3) is 0 Å². The van der Waals surface area contributed by atoms with E-state index in [2.05, 4.69) is 70.8 Å². The molecule has 5 nitrogen and oxygen atoms in total. The molecule has 2 aliphatic carbocycles. The Kier molecular flexibility index (Phi) is 12.8. The number of fused-ring (bicyclic) bond motifs is 5. The standard InChI is InChI=1S/C21H29NO4.2C2H4.2C2H2/c1-4-18(24)16-7-6-15-17-8-5-13-11-14(23)9-10-21(13,3)22(17)19(26-25)12-20(15,16)2;4*1-2/h9-11,15-17,19,25H,4-8,12H2,1-3H3;2*1-2H2;2*1-2H/t15?,16?,17-,19-,20-,21-;;;;/m0..../s1. The molecule has 0 radical (unpaired) electrons. The maximum absolute atomic E-state index is 12.6. The highest BCUT2D eigenvalue weighted by atomic mass is 17.1. The van der Waals surface area contributed by atoms with Gasteiger partial charge in [-0.1, -0.05) is 19.9 Å². The molecule has 0 aromatic rings. The van der Waals surface area contributed by atoms with Crippen LogP contribution in [-0.4, -0.2) is 39.5 Å². The predicted molar refractivity (Wildman–Crippen MR) is 140 cm³/mol.